The van der Waals surface area contributed by atoms with Gasteiger partial charge in [0.15, 0.2) is 0 Å². The lowest BCUT2D eigenvalue weighted by Gasteiger charge is -2.47. The third-order valence-electron chi connectivity index (χ3n) is 3.03. The van der Waals surface area contributed by atoms with Crippen molar-refractivity contribution in [3.63, 3.8) is 0 Å². The Morgan fingerprint density at radius 2 is 2.07 bits per heavy atom. The van der Waals surface area contributed by atoms with Crippen molar-refractivity contribution in [2.45, 2.75) is 45.6 Å². The van der Waals surface area contributed by atoms with E-state index in [-0.39, 0.29) is 11.8 Å². The van der Waals surface area contributed by atoms with Crippen LogP contribution in [0.3, 0.4) is 0 Å². The summed E-state index contributed by atoms with van der Waals surface area (Å²) in [5, 5.41) is 9.89. The van der Waals surface area contributed by atoms with Crippen molar-refractivity contribution in [2.24, 2.45) is 5.92 Å². The van der Waals surface area contributed by atoms with E-state index in [1.807, 2.05) is 13.8 Å². The molecule has 1 aliphatic heterocycles. The molecule has 3 heteroatoms. The maximum absolute atomic E-state index is 11.7. The topological polar surface area (TPSA) is 40.5 Å². The zero-order chi connectivity index (χ0) is 10.8. The summed E-state index contributed by atoms with van der Waals surface area (Å²) in [6, 6.07) is 0. The molecule has 1 heterocycles. The molecule has 1 N–H and O–H groups in total. The van der Waals surface area contributed by atoms with Crippen LogP contribution < -0.4 is 0 Å². The number of carbonyl (C=O) groups is 1. The van der Waals surface area contributed by atoms with Gasteiger partial charge < -0.3 is 10.0 Å². The summed E-state index contributed by atoms with van der Waals surface area (Å²) in [7, 11) is 0. The van der Waals surface area contributed by atoms with Gasteiger partial charge >= 0.3 is 0 Å². The molecule has 0 aromatic rings. The lowest BCUT2D eigenvalue weighted by molar-refractivity contribution is -0.160. The van der Waals surface area contributed by atoms with Gasteiger partial charge in [0.1, 0.15) is 0 Å². The SMILES string of the molecule is CCCC1(O)CN(C(=O)C(C)CC)C1. The first-order valence-electron chi connectivity index (χ1n) is 5.53. The molecule has 14 heavy (non-hydrogen) atoms. The minimum absolute atomic E-state index is 0.0983. The molecular weight excluding hydrogens is 178 g/mol. The molecule has 1 aliphatic rings. The van der Waals surface area contributed by atoms with E-state index in [0.29, 0.717) is 13.1 Å². The monoisotopic (exact) mass is 199 g/mol. The van der Waals surface area contributed by atoms with Crippen LogP contribution in [-0.2, 0) is 4.79 Å². The fraction of sp³-hybridized carbons (Fsp3) is 0.909. The predicted octanol–water partition coefficient (Wildman–Crippen LogP) is 1.41. The van der Waals surface area contributed by atoms with Crippen molar-refractivity contribution in [3.05, 3.63) is 0 Å². The Balaban J connectivity index is 2.37. The van der Waals surface area contributed by atoms with Gasteiger partial charge in [0.25, 0.3) is 0 Å². The molecule has 1 unspecified atom stereocenters. The summed E-state index contributed by atoms with van der Waals surface area (Å²) in [6.45, 7) is 7.07. The van der Waals surface area contributed by atoms with E-state index in [1.54, 1.807) is 4.90 Å². The van der Waals surface area contributed by atoms with Gasteiger partial charge in [0.05, 0.1) is 18.7 Å². The average Bonchev–Trinajstić information content (AvgIpc) is 2.12. The highest BCUT2D eigenvalue weighted by Crippen LogP contribution is 2.27. The summed E-state index contributed by atoms with van der Waals surface area (Å²) in [6.07, 6.45) is 2.65. The molecule has 0 aromatic carbocycles. The van der Waals surface area contributed by atoms with Crippen LogP contribution in [0.15, 0.2) is 0 Å². The number of β-amino-alcohol motifs (C(OH)–C–C–N with tert-alkyl or cyclic N) is 1. The fourth-order valence-corrected chi connectivity index (χ4v) is 1.93. The van der Waals surface area contributed by atoms with Crippen LogP contribution in [0.5, 0.6) is 0 Å². The molecule has 0 saturated carbocycles. The molecule has 0 aliphatic carbocycles. The highest BCUT2D eigenvalue weighted by Gasteiger charge is 2.43. The van der Waals surface area contributed by atoms with Gasteiger partial charge in [-0.2, -0.15) is 0 Å². The molecule has 1 saturated heterocycles. The van der Waals surface area contributed by atoms with E-state index in [2.05, 4.69) is 6.92 Å². The lowest BCUT2D eigenvalue weighted by Crippen LogP contribution is -2.64. The van der Waals surface area contributed by atoms with Gasteiger partial charge in [-0.1, -0.05) is 27.2 Å². The Labute approximate surface area is 86.1 Å². The number of likely N-dealkylation sites (tertiary alicyclic amines) is 1. The number of nitrogens with zero attached hydrogens (tertiary/aromatic N) is 1. The minimum Gasteiger partial charge on any atom is -0.386 e. The van der Waals surface area contributed by atoms with Crippen LogP contribution in [0.25, 0.3) is 0 Å². The number of hydrogen-bond donors (Lipinski definition) is 1. The van der Waals surface area contributed by atoms with E-state index in [1.165, 1.54) is 0 Å². The minimum atomic E-state index is -0.585. The summed E-state index contributed by atoms with van der Waals surface area (Å²) in [5.74, 6) is 0.287. The zero-order valence-corrected chi connectivity index (χ0v) is 9.42. The molecular formula is C11H21NO2. The highest BCUT2D eigenvalue weighted by atomic mass is 16.3. The second-order valence-corrected chi connectivity index (χ2v) is 4.48. The smallest absolute Gasteiger partial charge is 0.225 e. The van der Waals surface area contributed by atoms with Gasteiger partial charge in [0.2, 0.25) is 5.91 Å². The first-order chi connectivity index (χ1) is 6.52. The number of aliphatic hydroxyl groups is 1. The van der Waals surface area contributed by atoms with Crippen LogP contribution in [0, 0.1) is 5.92 Å². The highest BCUT2D eigenvalue weighted by molar-refractivity contribution is 5.79. The van der Waals surface area contributed by atoms with Gasteiger partial charge in [-0.15, -0.1) is 0 Å². The summed E-state index contributed by atoms with van der Waals surface area (Å²) in [5.41, 5.74) is -0.585. The molecule has 3 nitrogen and oxygen atoms in total. The van der Waals surface area contributed by atoms with Crippen molar-refractivity contribution in [1.82, 2.24) is 4.90 Å². The molecule has 0 spiro atoms. The van der Waals surface area contributed by atoms with Crippen LogP contribution >= 0.6 is 0 Å². The Kier molecular flexibility index (Phi) is 3.53. The van der Waals surface area contributed by atoms with Gasteiger partial charge in [-0.25, -0.2) is 0 Å². The van der Waals surface area contributed by atoms with Gasteiger partial charge in [-0.3, -0.25) is 4.79 Å². The Morgan fingerprint density at radius 1 is 1.50 bits per heavy atom. The van der Waals surface area contributed by atoms with Crippen molar-refractivity contribution in [2.75, 3.05) is 13.1 Å². The largest absolute Gasteiger partial charge is 0.386 e. The number of rotatable bonds is 4. The standard InChI is InChI=1S/C11H21NO2/c1-4-6-11(14)7-12(8-11)10(13)9(3)5-2/h9,14H,4-8H2,1-3H3. The third kappa shape index (κ3) is 2.27. The average molecular weight is 199 g/mol. The Morgan fingerprint density at radius 3 is 2.50 bits per heavy atom. The quantitative estimate of drug-likeness (QED) is 0.743. The van der Waals surface area contributed by atoms with Gasteiger partial charge in [-0.05, 0) is 12.8 Å². The summed E-state index contributed by atoms with van der Waals surface area (Å²) in [4.78, 5) is 13.4. The first-order valence-corrected chi connectivity index (χ1v) is 5.53. The molecule has 1 rings (SSSR count). The Bertz CT molecular complexity index is 209. The van der Waals surface area contributed by atoms with Crippen molar-refractivity contribution >= 4 is 5.91 Å². The van der Waals surface area contributed by atoms with Crippen LogP contribution in [0.4, 0.5) is 0 Å². The van der Waals surface area contributed by atoms with E-state index < -0.39 is 5.60 Å². The predicted molar refractivity (Wildman–Crippen MR) is 55.9 cm³/mol. The Hall–Kier alpha value is -0.570. The van der Waals surface area contributed by atoms with Crippen LogP contribution in [0.2, 0.25) is 0 Å². The second kappa shape index (κ2) is 4.30. The molecule has 1 amide bonds. The first kappa shape index (κ1) is 11.5. The van der Waals surface area contributed by atoms with Crippen LogP contribution in [0.1, 0.15) is 40.0 Å². The zero-order valence-electron chi connectivity index (χ0n) is 9.42. The van der Waals surface area contributed by atoms with E-state index in [0.717, 1.165) is 19.3 Å². The summed E-state index contributed by atoms with van der Waals surface area (Å²) < 4.78 is 0. The number of hydrogen-bond acceptors (Lipinski definition) is 2. The van der Waals surface area contributed by atoms with Crippen molar-refractivity contribution in [3.8, 4) is 0 Å². The normalized spacial score (nSPS) is 21.6. The molecule has 1 atom stereocenters. The molecule has 0 radical (unpaired) electrons. The van der Waals surface area contributed by atoms with Crippen molar-refractivity contribution in [1.29, 1.82) is 0 Å². The van der Waals surface area contributed by atoms with Crippen LogP contribution in [-0.4, -0.2) is 34.6 Å². The summed E-state index contributed by atoms with van der Waals surface area (Å²) >= 11 is 0. The van der Waals surface area contributed by atoms with Gasteiger partial charge in [0, 0.05) is 5.92 Å². The van der Waals surface area contributed by atoms with Crippen molar-refractivity contribution < 1.29 is 9.90 Å². The van der Waals surface area contributed by atoms with E-state index in [9.17, 15) is 9.90 Å². The number of amides is 1. The second-order valence-electron chi connectivity index (χ2n) is 4.48. The molecule has 82 valence electrons. The molecule has 1 fully saturated rings. The maximum Gasteiger partial charge on any atom is 0.225 e. The van der Waals surface area contributed by atoms with E-state index >= 15 is 0 Å². The third-order valence-corrected chi connectivity index (χ3v) is 3.03. The molecule has 0 aromatic heterocycles. The fourth-order valence-electron chi connectivity index (χ4n) is 1.93. The lowest BCUT2D eigenvalue weighted by atomic mass is 9.88. The maximum atomic E-state index is 11.7. The van der Waals surface area contributed by atoms with E-state index in [4.69, 9.17) is 0 Å². The molecule has 0 bridgehead atoms. The number of carbonyl (C=O) groups excluding carboxylic acids is 1.